The predicted octanol–water partition coefficient (Wildman–Crippen LogP) is 2.15. The molecule has 18 heavy (non-hydrogen) atoms. The van der Waals surface area contributed by atoms with Crippen LogP contribution in [0.2, 0.25) is 0 Å². The second kappa shape index (κ2) is 5.05. The number of para-hydroxylation sites is 1. The van der Waals surface area contributed by atoms with Crippen molar-refractivity contribution in [2.45, 2.75) is 6.42 Å². The maximum absolute atomic E-state index is 10.8. The van der Waals surface area contributed by atoms with Crippen LogP contribution in [0.15, 0.2) is 24.3 Å². The third-order valence-electron chi connectivity index (χ3n) is 2.38. The van der Waals surface area contributed by atoms with Crippen molar-refractivity contribution < 1.29 is 19.7 Å². The lowest BCUT2D eigenvalue weighted by atomic mass is 10.1. The Balaban J connectivity index is 2.29. The SMILES string of the molecule is COc1ccccc1Cc1nc(O)c(C(=O)O)s1. The molecule has 0 saturated carbocycles. The van der Waals surface area contributed by atoms with E-state index in [-0.39, 0.29) is 4.88 Å². The third-order valence-corrected chi connectivity index (χ3v) is 3.41. The van der Waals surface area contributed by atoms with E-state index in [2.05, 4.69) is 4.98 Å². The number of thiazole rings is 1. The normalized spacial score (nSPS) is 10.3. The number of hydrogen-bond donors (Lipinski definition) is 2. The van der Waals surface area contributed by atoms with E-state index in [0.29, 0.717) is 17.2 Å². The number of aromatic hydroxyl groups is 1. The van der Waals surface area contributed by atoms with E-state index >= 15 is 0 Å². The van der Waals surface area contributed by atoms with Gasteiger partial charge in [0.1, 0.15) is 10.8 Å². The Bertz CT molecular complexity index is 579. The molecule has 94 valence electrons. The standard InChI is InChI=1S/C12H11NO4S/c1-17-8-5-3-2-4-7(8)6-9-13-11(14)10(18-9)12(15)16/h2-5,14H,6H2,1H3,(H,15,16). The molecule has 0 fully saturated rings. The Kier molecular flexibility index (Phi) is 3.47. The van der Waals surface area contributed by atoms with Crippen molar-refractivity contribution in [1.82, 2.24) is 4.98 Å². The quantitative estimate of drug-likeness (QED) is 0.885. The lowest BCUT2D eigenvalue weighted by molar-refractivity contribution is 0.0699. The highest BCUT2D eigenvalue weighted by Gasteiger charge is 2.17. The molecule has 1 aromatic heterocycles. The van der Waals surface area contributed by atoms with Crippen molar-refractivity contribution >= 4 is 17.3 Å². The minimum atomic E-state index is -1.17. The number of aromatic nitrogens is 1. The van der Waals surface area contributed by atoms with Gasteiger partial charge in [0.05, 0.1) is 7.11 Å². The summed E-state index contributed by atoms with van der Waals surface area (Å²) in [6.45, 7) is 0. The summed E-state index contributed by atoms with van der Waals surface area (Å²) in [5.41, 5.74) is 0.894. The van der Waals surface area contributed by atoms with Gasteiger partial charge in [-0.25, -0.2) is 9.78 Å². The molecule has 0 aliphatic carbocycles. The molecule has 0 amide bonds. The number of benzene rings is 1. The highest BCUT2D eigenvalue weighted by molar-refractivity contribution is 7.13. The van der Waals surface area contributed by atoms with E-state index in [9.17, 15) is 9.90 Å². The van der Waals surface area contributed by atoms with Gasteiger partial charge in [-0.2, -0.15) is 0 Å². The number of ether oxygens (including phenoxy) is 1. The third kappa shape index (κ3) is 2.43. The minimum absolute atomic E-state index is 0.139. The molecule has 6 heteroatoms. The number of carboxylic acid groups (broad SMARTS) is 1. The summed E-state index contributed by atoms with van der Waals surface area (Å²) in [4.78, 5) is 14.5. The average molecular weight is 265 g/mol. The van der Waals surface area contributed by atoms with Crippen LogP contribution in [0.3, 0.4) is 0 Å². The molecule has 0 spiro atoms. The van der Waals surface area contributed by atoms with Crippen LogP contribution in [-0.4, -0.2) is 28.3 Å². The van der Waals surface area contributed by atoms with Gasteiger partial charge in [0.25, 0.3) is 0 Å². The summed E-state index contributed by atoms with van der Waals surface area (Å²) in [6.07, 6.45) is 0.426. The number of carbonyl (C=O) groups is 1. The topological polar surface area (TPSA) is 79.7 Å². The van der Waals surface area contributed by atoms with Crippen LogP contribution in [0.25, 0.3) is 0 Å². The predicted molar refractivity (Wildman–Crippen MR) is 66.5 cm³/mol. The average Bonchev–Trinajstić information content (AvgIpc) is 2.71. The fourth-order valence-electron chi connectivity index (χ4n) is 1.58. The van der Waals surface area contributed by atoms with Crippen LogP contribution in [0.1, 0.15) is 20.2 Å². The van der Waals surface area contributed by atoms with Gasteiger partial charge in [0.2, 0.25) is 5.88 Å². The molecular formula is C12H11NO4S. The molecule has 2 aromatic rings. The number of hydrogen-bond acceptors (Lipinski definition) is 5. The number of aromatic carboxylic acids is 1. The lowest BCUT2D eigenvalue weighted by Crippen LogP contribution is -1.92. The minimum Gasteiger partial charge on any atom is -0.496 e. The molecular weight excluding hydrogens is 254 g/mol. The first-order valence-electron chi connectivity index (χ1n) is 5.15. The molecule has 1 heterocycles. The van der Waals surface area contributed by atoms with Gasteiger partial charge in [-0.1, -0.05) is 18.2 Å². The maximum atomic E-state index is 10.8. The second-order valence-electron chi connectivity index (χ2n) is 3.55. The summed E-state index contributed by atoms with van der Waals surface area (Å²) in [7, 11) is 1.57. The first kappa shape index (κ1) is 12.4. The van der Waals surface area contributed by atoms with Crippen molar-refractivity contribution in [1.29, 1.82) is 0 Å². The van der Waals surface area contributed by atoms with Gasteiger partial charge < -0.3 is 14.9 Å². The number of rotatable bonds is 4. The summed E-state index contributed by atoms with van der Waals surface area (Å²) >= 11 is 0.965. The van der Waals surface area contributed by atoms with Crippen LogP contribution in [0, 0.1) is 0 Å². The summed E-state index contributed by atoms with van der Waals surface area (Å²) in [6, 6.07) is 7.41. The largest absolute Gasteiger partial charge is 0.496 e. The van der Waals surface area contributed by atoms with Gasteiger partial charge in [-0.3, -0.25) is 0 Å². The van der Waals surface area contributed by atoms with Crippen LogP contribution in [-0.2, 0) is 6.42 Å². The second-order valence-corrected chi connectivity index (χ2v) is 4.64. The van der Waals surface area contributed by atoms with E-state index in [4.69, 9.17) is 9.84 Å². The zero-order chi connectivity index (χ0) is 13.1. The molecule has 0 saturated heterocycles. The zero-order valence-corrected chi connectivity index (χ0v) is 10.4. The fraction of sp³-hybridized carbons (Fsp3) is 0.167. The maximum Gasteiger partial charge on any atom is 0.351 e. The molecule has 0 atom stereocenters. The van der Waals surface area contributed by atoms with E-state index in [0.717, 1.165) is 16.9 Å². The van der Waals surface area contributed by atoms with Gasteiger partial charge >= 0.3 is 5.97 Å². The van der Waals surface area contributed by atoms with E-state index in [1.807, 2.05) is 24.3 Å². The molecule has 0 aliphatic rings. The van der Waals surface area contributed by atoms with Crippen LogP contribution >= 0.6 is 11.3 Å². The Morgan fingerprint density at radius 2 is 2.17 bits per heavy atom. The van der Waals surface area contributed by atoms with Crippen molar-refractivity contribution in [3.63, 3.8) is 0 Å². The smallest absolute Gasteiger partial charge is 0.351 e. The molecule has 2 rings (SSSR count). The molecule has 0 unspecified atom stereocenters. The number of nitrogens with zero attached hydrogens (tertiary/aromatic N) is 1. The van der Waals surface area contributed by atoms with E-state index in [1.54, 1.807) is 7.11 Å². The van der Waals surface area contributed by atoms with Gasteiger partial charge in [0, 0.05) is 12.0 Å². The summed E-state index contributed by atoms with van der Waals surface area (Å²) < 4.78 is 5.20. The van der Waals surface area contributed by atoms with Crippen molar-refractivity contribution in [2.75, 3.05) is 7.11 Å². The van der Waals surface area contributed by atoms with Gasteiger partial charge in [-0.15, -0.1) is 11.3 Å². The molecule has 0 radical (unpaired) electrons. The molecule has 0 aliphatic heterocycles. The molecule has 2 N–H and O–H groups in total. The molecule has 5 nitrogen and oxygen atoms in total. The highest BCUT2D eigenvalue weighted by Crippen LogP contribution is 2.28. The first-order chi connectivity index (χ1) is 8.61. The van der Waals surface area contributed by atoms with Gasteiger partial charge in [0.15, 0.2) is 4.88 Å². The van der Waals surface area contributed by atoms with Crippen LogP contribution in [0.4, 0.5) is 0 Å². The summed E-state index contributed by atoms with van der Waals surface area (Å²) in [5.74, 6) is -0.891. The Morgan fingerprint density at radius 3 is 2.78 bits per heavy atom. The van der Waals surface area contributed by atoms with Crippen molar-refractivity contribution in [3.05, 3.63) is 39.7 Å². The number of carboxylic acids is 1. The number of methoxy groups -OCH3 is 1. The molecule has 1 aromatic carbocycles. The van der Waals surface area contributed by atoms with Crippen LogP contribution < -0.4 is 4.74 Å². The molecule has 0 bridgehead atoms. The first-order valence-corrected chi connectivity index (χ1v) is 5.97. The Labute approximate surface area is 107 Å². The highest BCUT2D eigenvalue weighted by atomic mass is 32.1. The van der Waals surface area contributed by atoms with Crippen molar-refractivity contribution in [2.24, 2.45) is 0 Å². The summed E-state index contributed by atoms with van der Waals surface area (Å²) in [5, 5.41) is 18.8. The Morgan fingerprint density at radius 1 is 1.44 bits per heavy atom. The monoisotopic (exact) mass is 265 g/mol. The van der Waals surface area contributed by atoms with Gasteiger partial charge in [-0.05, 0) is 6.07 Å². The lowest BCUT2D eigenvalue weighted by Gasteiger charge is -2.05. The Hall–Kier alpha value is -2.08. The van der Waals surface area contributed by atoms with Crippen LogP contribution in [0.5, 0.6) is 11.6 Å². The fourth-order valence-corrected chi connectivity index (χ4v) is 2.40. The van der Waals surface area contributed by atoms with Crippen molar-refractivity contribution in [3.8, 4) is 11.6 Å². The van der Waals surface area contributed by atoms with E-state index in [1.165, 1.54) is 0 Å². The zero-order valence-electron chi connectivity index (χ0n) is 9.58. The van der Waals surface area contributed by atoms with E-state index < -0.39 is 11.8 Å².